The third kappa shape index (κ3) is 2.75. The topological polar surface area (TPSA) is 64.1 Å². The van der Waals surface area contributed by atoms with Crippen molar-refractivity contribution in [3.05, 3.63) is 46.2 Å². The Bertz CT molecular complexity index is 686. The van der Waals surface area contributed by atoms with Crippen LogP contribution in [0.15, 0.2) is 24.3 Å². The van der Waals surface area contributed by atoms with Crippen LogP contribution >= 0.6 is 11.6 Å². The largest absolute Gasteiger partial charge is 0.464 e. The Morgan fingerprint density at radius 3 is 2.76 bits per heavy atom. The second-order valence-corrected chi connectivity index (χ2v) is 5.18. The number of nitrogens with zero attached hydrogens (tertiary/aromatic N) is 2. The quantitative estimate of drug-likeness (QED) is 0.862. The summed E-state index contributed by atoms with van der Waals surface area (Å²) in [5.41, 5.74) is 2.90. The SMILES string of the molecule is COC(=O)c1nc(-c2ccc(Cl)cc2)nc2c1CCNC2. The maximum absolute atomic E-state index is 12.0. The Labute approximate surface area is 127 Å². The van der Waals surface area contributed by atoms with E-state index in [-0.39, 0.29) is 0 Å². The van der Waals surface area contributed by atoms with Gasteiger partial charge >= 0.3 is 5.97 Å². The number of fused-ring (bicyclic) bond motifs is 1. The van der Waals surface area contributed by atoms with Crippen LogP contribution < -0.4 is 5.32 Å². The van der Waals surface area contributed by atoms with E-state index in [1.807, 2.05) is 12.1 Å². The summed E-state index contributed by atoms with van der Waals surface area (Å²) in [6, 6.07) is 7.22. The lowest BCUT2D eigenvalue weighted by molar-refractivity contribution is 0.0592. The molecule has 1 aliphatic heterocycles. The number of esters is 1. The highest BCUT2D eigenvalue weighted by Crippen LogP contribution is 2.23. The summed E-state index contributed by atoms with van der Waals surface area (Å²) in [6.07, 6.45) is 0.723. The molecule has 0 atom stereocenters. The minimum absolute atomic E-state index is 0.356. The normalized spacial score (nSPS) is 13.6. The Hall–Kier alpha value is -1.98. The van der Waals surface area contributed by atoms with Gasteiger partial charge in [-0.05, 0) is 37.2 Å². The number of benzene rings is 1. The van der Waals surface area contributed by atoms with Gasteiger partial charge in [-0.15, -0.1) is 0 Å². The zero-order valence-corrected chi connectivity index (χ0v) is 12.3. The molecule has 2 heterocycles. The summed E-state index contributed by atoms with van der Waals surface area (Å²) in [7, 11) is 1.36. The highest BCUT2D eigenvalue weighted by atomic mass is 35.5. The molecule has 0 amide bonds. The van der Waals surface area contributed by atoms with Gasteiger partial charge in [0.2, 0.25) is 0 Å². The summed E-state index contributed by atoms with van der Waals surface area (Å²) in [6.45, 7) is 1.43. The highest BCUT2D eigenvalue weighted by molar-refractivity contribution is 6.30. The third-order valence-corrected chi connectivity index (χ3v) is 3.67. The average Bonchev–Trinajstić information content (AvgIpc) is 2.53. The lowest BCUT2D eigenvalue weighted by Gasteiger charge is -2.19. The first-order valence-corrected chi connectivity index (χ1v) is 7.01. The molecule has 2 aromatic rings. The minimum atomic E-state index is -0.425. The highest BCUT2D eigenvalue weighted by Gasteiger charge is 2.22. The molecule has 0 bridgehead atoms. The fourth-order valence-corrected chi connectivity index (χ4v) is 2.48. The number of rotatable bonds is 2. The summed E-state index contributed by atoms with van der Waals surface area (Å²) < 4.78 is 4.84. The first-order chi connectivity index (χ1) is 10.2. The summed E-state index contributed by atoms with van der Waals surface area (Å²) in [5, 5.41) is 3.89. The van der Waals surface area contributed by atoms with Crippen LogP contribution in [0.5, 0.6) is 0 Å². The Morgan fingerprint density at radius 2 is 2.05 bits per heavy atom. The van der Waals surface area contributed by atoms with Gasteiger partial charge in [-0.3, -0.25) is 0 Å². The van der Waals surface area contributed by atoms with Crippen LogP contribution in [0.3, 0.4) is 0 Å². The molecule has 1 N–H and O–H groups in total. The van der Waals surface area contributed by atoms with Crippen molar-refractivity contribution in [3.8, 4) is 11.4 Å². The van der Waals surface area contributed by atoms with E-state index in [4.69, 9.17) is 16.3 Å². The predicted octanol–water partition coefficient (Wildman–Crippen LogP) is 2.23. The van der Waals surface area contributed by atoms with Crippen molar-refractivity contribution in [1.82, 2.24) is 15.3 Å². The van der Waals surface area contributed by atoms with Crippen molar-refractivity contribution in [1.29, 1.82) is 0 Å². The fraction of sp³-hybridized carbons (Fsp3) is 0.267. The Balaban J connectivity index is 2.13. The molecular formula is C15H14ClN3O2. The molecule has 0 saturated heterocycles. The summed E-state index contributed by atoms with van der Waals surface area (Å²) >= 11 is 5.89. The molecule has 0 aliphatic carbocycles. The first-order valence-electron chi connectivity index (χ1n) is 6.64. The van der Waals surface area contributed by atoms with Crippen LogP contribution in [0.4, 0.5) is 0 Å². The second-order valence-electron chi connectivity index (χ2n) is 4.75. The van der Waals surface area contributed by atoms with Gasteiger partial charge in [0, 0.05) is 22.7 Å². The molecule has 1 aliphatic rings. The van der Waals surface area contributed by atoms with Gasteiger partial charge in [0.25, 0.3) is 0 Å². The molecule has 1 aromatic carbocycles. The van der Waals surface area contributed by atoms with Crippen molar-refractivity contribution in [2.24, 2.45) is 0 Å². The zero-order valence-electron chi connectivity index (χ0n) is 11.5. The standard InChI is InChI=1S/C15H14ClN3O2/c1-21-15(20)13-11-6-7-17-8-12(11)18-14(19-13)9-2-4-10(16)5-3-9/h2-5,17H,6-8H2,1H3. The third-order valence-electron chi connectivity index (χ3n) is 3.42. The van der Waals surface area contributed by atoms with Crippen molar-refractivity contribution in [2.45, 2.75) is 13.0 Å². The Morgan fingerprint density at radius 1 is 1.29 bits per heavy atom. The van der Waals surface area contributed by atoms with Gasteiger partial charge in [-0.1, -0.05) is 11.6 Å². The molecule has 0 saturated carbocycles. The Kier molecular flexibility index (Phi) is 3.86. The molecule has 0 fully saturated rings. The van der Waals surface area contributed by atoms with Crippen molar-refractivity contribution < 1.29 is 9.53 Å². The van der Waals surface area contributed by atoms with E-state index in [0.29, 0.717) is 23.1 Å². The molecule has 0 spiro atoms. The van der Waals surface area contributed by atoms with E-state index in [1.165, 1.54) is 7.11 Å². The summed E-state index contributed by atoms with van der Waals surface area (Å²) in [4.78, 5) is 20.9. The molecule has 21 heavy (non-hydrogen) atoms. The molecule has 6 heteroatoms. The number of halogens is 1. The number of hydrogen-bond acceptors (Lipinski definition) is 5. The molecular weight excluding hydrogens is 290 g/mol. The van der Waals surface area contributed by atoms with Gasteiger partial charge in [0.15, 0.2) is 11.5 Å². The molecule has 0 unspecified atom stereocenters. The maximum atomic E-state index is 12.0. The number of carbonyl (C=O) groups is 1. The zero-order chi connectivity index (χ0) is 14.8. The number of hydrogen-bond donors (Lipinski definition) is 1. The summed E-state index contributed by atoms with van der Waals surface area (Å²) in [5.74, 6) is 0.0836. The lowest BCUT2D eigenvalue weighted by atomic mass is 10.0. The van der Waals surface area contributed by atoms with Crippen LogP contribution in [0, 0.1) is 0 Å². The molecule has 108 valence electrons. The number of aromatic nitrogens is 2. The van der Waals surface area contributed by atoms with Crippen LogP contribution in [0.2, 0.25) is 5.02 Å². The van der Waals surface area contributed by atoms with Crippen molar-refractivity contribution in [3.63, 3.8) is 0 Å². The molecule has 5 nitrogen and oxygen atoms in total. The van der Waals surface area contributed by atoms with Gasteiger partial charge in [-0.25, -0.2) is 14.8 Å². The second kappa shape index (κ2) is 5.79. The van der Waals surface area contributed by atoms with E-state index in [1.54, 1.807) is 12.1 Å². The molecule has 3 rings (SSSR count). The van der Waals surface area contributed by atoms with E-state index in [2.05, 4.69) is 15.3 Å². The van der Waals surface area contributed by atoms with Crippen LogP contribution in [-0.4, -0.2) is 29.6 Å². The minimum Gasteiger partial charge on any atom is -0.464 e. The van der Waals surface area contributed by atoms with Crippen molar-refractivity contribution >= 4 is 17.6 Å². The number of ether oxygens (including phenoxy) is 1. The van der Waals surface area contributed by atoms with Gasteiger partial charge in [0.05, 0.1) is 12.8 Å². The monoisotopic (exact) mass is 303 g/mol. The lowest BCUT2D eigenvalue weighted by Crippen LogP contribution is -2.28. The van der Waals surface area contributed by atoms with E-state index < -0.39 is 5.97 Å². The van der Waals surface area contributed by atoms with E-state index in [0.717, 1.165) is 29.8 Å². The molecule has 1 aromatic heterocycles. The number of carbonyl (C=O) groups excluding carboxylic acids is 1. The van der Waals surface area contributed by atoms with Crippen LogP contribution in [0.25, 0.3) is 11.4 Å². The fourth-order valence-electron chi connectivity index (χ4n) is 2.35. The maximum Gasteiger partial charge on any atom is 0.357 e. The molecule has 0 radical (unpaired) electrons. The van der Waals surface area contributed by atoms with Gasteiger partial charge in [0.1, 0.15) is 0 Å². The van der Waals surface area contributed by atoms with E-state index >= 15 is 0 Å². The van der Waals surface area contributed by atoms with E-state index in [9.17, 15) is 4.79 Å². The number of nitrogens with one attached hydrogen (secondary N) is 1. The van der Waals surface area contributed by atoms with Crippen LogP contribution in [-0.2, 0) is 17.7 Å². The number of methoxy groups -OCH3 is 1. The van der Waals surface area contributed by atoms with Gasteiger partial charge < -0.3 is 10.1 Å². The smallest absolute Gasteiger partial charge is 0.357 e. The average molecular weight is 304 g/mol. The van der Waals surface area contributed by atoms with Gasteiger partial charge in [-0.2, -0.15) is 0 Å². The first kappa shape index (κ1) is 14.0. The van der Waals surface area contributed by atoms with Crippen molar-refractivity contribution in [2.75, 3.05) is 13.7 Å². The van der Waals surface area contributed by atoms with Crippen LogP contribution in [0.1, 0.15) is 21.7 Å². The predicted molar refractivity (Wildman–Crippen MR) is 79.2 cm³/mol.